The van der Waals surface area contributed by atoms with Crippen LogP contribution in [0.15, 0.2) is 11.7 Å². The minimum absolute atomic E-state index is 0.753. The molecule has 1 unspecified atom stereocenters. The van der Waals surface area contributed by atoms with E-state index in [1.807, 2.05) is 5.51 Å². The van der Waals surface area contributed by atoms with Gasteiger partial charge in [-0.25, -0.2) is 9.97 Å². The second-order valence-electron chi connectivity index (χ2n) is 7.32. The zero-order chi connectivity index (χ0) is 15.8. The maximum atomic E-state index is 4.71. The van der Waals surface area contributed by atoms with Crippen molar-refractivity contribution in [3.8, 4) is 0 Å². The smallest absolute Gasteiger partial charge is 0.109 e. The van der Waals surface area contributed by atoms with E-state index in [9.17, 15) is 0 Å². The van der Waals surface area contributed by atoms with Gasteiger partial charge in [-0.2, -0.15) is 0 Å². The Hall–Kier alpha value is -1.20. The first-order chi connectivity index (χ1) is 11.2. The van der Waals surface area contributed by atoms with Crippen LogP contribution in [0.1, 0.15) is 41.4 Å². The summed E-state index contributed by atoms with van der Waals surface area (Å²) < 4.78 is 2.48. The third kappa shape index (κ3) is 3.50. The quantitative estimate of drug-likeness (QED) is 0.814. The van der Waals surface area contributed by atoms with Gasteiger partial charge in [-0.05, 0) is 51.5 Å². The molecule has 23 heavy (non-hydrogen) atoms. The number of imidazole rings is 1. The van der Waals surface area contributed by atoms with Crippen molar-refractivity contribution < 1.29 is 0 Å². The van der Waals surface area contributed by atoms with Crippen LogP contribution in [-0.2, 0) is 19.5 Å². The first kappa shape index (κ1) is 15.3. The van der Waals surface area contributed by atoms with Crippen LogP contribution in [-0.4, -0.2) is 32.5 Å². The van der Waals surface area contributed by atoms with Crippen LogP contribution >= 0.6 is 11.3 Å². The maximum absolute atomic E-state index is 4.71. The van der Waals surface area contributed by atoms with Crippen molar-refractivity contribution in [2.45, 2.75) is 52.6 Å². The molecule has 4 nitrogen and oxygen atoms in total. The highest BCUT2D eigenvalue weighted by Gasteiger charge is 2.27. The Balaban J connectivity index is 1.36. The molecular formula is C18H26N4S. The monoisotopic (exact) mass is 330 g/mol. The highest BCUT2D eigenvalue weighted by atomic mass is 32.1. The zero-order valence-corrected chi connectivity index (χ0v) is 15.0. The average Bonchev–Trinajstić information content (AvgIpc) is 2.95. The molecule has 124 valence electrons. The molecule has 0 N–H and O–H groups in total. The van der Waals surface area contributed by atoms with Crippen LogP contribution in [0.3, 0.4) is 0 Å². The van der Waals surface area contributed by atoms with Gasteiger partial charge in [0.2, 0.25) is 0 Å². The molecule has 0 spiro atoms. The van der Waals surface area contributed by atoms with E-state index in [-0.39, 0.29) is 0 Å². The number of aromatic nitrogens is 3. The molecule has 0 radical (unpaired) electrons. The number of thiazole rings is 1. The van der Waals surface area contributed by atoms with Crippen LogP contribution in [0.25, 0.3) is 0 Å². The Morgan fingerprint density at radius 2 is 2.04 bits per heavy atom. The molecule has 2 aliphatic rings. The van der Waals surface area contributed by atoms with Crippen molar-refractivity contribution in [2.24, 2.45) is 11.8 Å². The van der Waals surface area contributed by atoms with E-state index >= 15 is 0 Å². The molecule has 1 aliphatic heterocycles. The SMILES string of the molecule is Cc1ncsc1CN1CCC(Cc2ncc(C)n2CC2CC2)C1. The fraction of sp³-hybridized carbons (Fsp3) is 0.667. The minimum Gasteiger partial charge on any atom is -0.332 e. The second kappa shape index (κ2) is 6.36. The van der Waals surface area contributed by atoms with E-state index in [0.717, 1.165) is 24.8 Å². The summed E-state index contributed by atoms with van der Waals surface area (Å²) in [6.45, 7) is 9.00. The van der Waals surface area contributed by atoms with Gasteiger partial charge in [-0.1, -0.05) is 0 Å². The van der Waals surface area contributed by atoms with Crippen molar-refractivity contribution >= 4 is 11.3 Å². The molecule has 1 atom stereocenters. The Morgan fingerprint density at radius 1 is 1.17 bits per heavy atom. The predicted octanol–water partition coefficient (Wildman–Crippen LogP) is 3.43. The van der Waals surface area contributed by atoms with E-state index < -0.39 is 0 Å². The topological polar surface area (TPSA) is 34.0 Å². The summed E-state index contributed by atoms with van der Waals surface area (Å²) in [5, 5.41) is 0. The van der Waals surface area contributed by atoms with E-state index in [2.05, 4.69) is 34.5 Å². The van der Waals surface area contributed by atoms with Crippen LogP contribution in [0.2, 0.25) is 0 Å². The molecule has 1 saturated heterocycles. The molecular weight excluding hydrogens is 304 g/mol. The molecule has 2 aromatic rings. The van der Waals surface area contributed by atoms with Crippen LogP contribution < -0.4 is 0 Å². The third-order valence-electron chi connectivity index (χ3n) is 5.33. The Morgan fingerprint density at radius 3 is 2.78 bits per heavy atom. The van der Waals surface area contributed by atoms with Gasteiger partial charge in [0.25, 0.3) is 0 Å². The number of nitrogens with zero attached hydrogens (tertiary/aromatic N) is 4. The van der Waals surface area contributed by atoms with Gasteiger partial charge >= 0.3 is 0 Å². The summed E-state index contributed by atoms with van der Waals surface area (Å²) in [5.41, 5.74) is 4.51. The molecule has 4 rings (SSSR count). The lowest BCUT2D eigenvalue weighted by Crippen LogP contribution is -2.21. The molecule has 3 heterocycles. The molecule has 0 bridgehead atoms. The van der Waals surface area contributed by atoms with Crippen molar-refractivity contribution in [2.75, 3.05) is 13.1 Å². The van der Waals surface area contributed by atoms with Crippen molar-refractivity contribution in [3.63, 3.8) is 0 Å². The summed E-state index contributed by atoms with van der Waals surface area (Å²) in [6, 6.07) is 0. The number of hydrogen-bond donors (Lipinski definition) is 0. The van der Waals surface area contributed by atoms with Gasteiger partial charge in [0.15, 0.2) is 0 Å². The van der Waals surface area contributed by atoms with E-state index in [4.69, 9.17) is 4.98 Å². The third-order valence-corrected chi connectivity index (χ3v) is 6.25. The van der Waals surface area contributed by atoms with Crippen LogP contribution in [0.4, 0.5) is 0 Å². The standard InChI is InChI=1S/C18H26N4S/c1-13-8-19-18(22(13)10-15-3-4-15)7-16-5-6-21(9-16)11-17-14(2)20-12-23-17/h8,12,15-16H,3-7,9-11H2,1-2H3. The minimum atomic E-state index is 0.753. The lowest BCUT2D eigenvalue weighted by molar-refractivity contribution is 0.317. The van der Waals surface area contributed by atoms with Crippen LogP contribution in [0.5, 0.6) is 0 Å². The molecule has 0 aromatic carbocycles. The van der Waals surface area contributed by atoms with Gasteiger partial charge in [0.05, 0.1) is 11.2 Å². The zero-order valence-electron chi connectivity index (χ0n) is 14.2. The fourth-order valence-corrected chi connectivity index (χ4v) is 4.46. The Kier molecular flexibility index (Phi) is 4.24. The lowest BCUT2D eigenvalue weighted by atomic mass is 10.0. The number of likely N-dealkylation sites (tertiary alicyclic amines) is 1. The number of hydrogen-bond acceptors (Lipinski definition) is 4. The van der Waals surface area contributed by atoms with Gasteiger partial charge < -0.3 is 4.57 Å². The molecule has 5 heteroatoms. The lowest BCUT2D eigenvalue weighted by Gasteiger charge is -2.16. The van der Waals surface area contributed by atoms with E-state index in [1.54, 1.807) is 11.3 Å². The molecule has 0 amide bonds. The molecule has 2 aromatic heterocycles. The van der Waals surface area contributed by atoms with Crippen molar-refractivity contribution in [1.29, 1.82) is 0 Å². The Bertz CT molecular complexity index is 670. The van der Waals surface area contributed by atoms with E-state index in [0.29, 0.717) is 0 Å². The summed E-state index contributed by atoms with van der Waals surface area (Å²) in [5.74, 6) is 2.98. The highest BCUT2D eigenvalue weighted by Crippen LogP contribution is 2.32. The average molecular weight is 331 g/mol. The largest absolute Gasteiger partial charge is 0.332 e. The van der Waals surface area contributed by atoms with Gasteiger partial charge in [0.1, 0.15) is 5.82 Å². The first-order valence-electron chi connectivity index (χ1n) is 8.81. The molecule has 1 saturated carbocycles. The van der Waals surface area contributed by atoms with Gasteiger partial charge in [-0.3, -0.25) is 4.90 Å². The first-order valence-corrected chi connectivity index (χ1v) is 9.69. The summed E-state index contributed by atoms with van der Waals surface area (Å²) in [7, 11) is 0. The summed E-state index contributed by atoms with van der Waals surface area (Å²) in [4.78, 5) is 13.1. The van der Waals surface area contributed by atoms with E-state index in [1.165, 1.54) is 61.0 Å². The van der Waals surface area contributed by atoms with Crippen molar-refractivity contribution in [3.05, 3.63) is 33.8 Å². The highest BCUT2D eigenvalue weighted by molar-refractivity contribution is 7.09. The van der Waals surface area contributed by atoms with Crippen LogP contribution in [0, 0.1) is 25.7 Å². The molecule has 2 fully saturated rings. The maximum Gasteiger partial charge on any atom is 0.109 e. The normalized spacial score (nSPS) is 22.1. The predicted molar refractivity (Wildman–Crippen MR) is 93.6 cm³/mol. The summed E-state index contributed by atoms with van der Waals surface area (Å²) >= 11 is 1.79. The van der Waals surface area contributed by atoms with Crippen molar-refractivity contribution in [1.82, 2.24) is 19.4 Å². The Labute approximate surface area is 142 Å². The number of aryl methyl sites for hydroxylation is 2. The van der Waals surface area contributed by atoms with Gasteiger partial charge in [0, 0.05) is 42.8 Å². The second-order valence-corrected chi connectivity index (χ2v) is 8.26. The fourth-order valence-electron chi connectivity index (χ4n) is 3.64. The summed E-state index contributed by atoms with van der Waals surface area (Å²) in [6.07, 6.45) is 7.31. The van der Waals surface area contributed by atoms with Gasteiger partial charge in [-0.15, -0.1) is 11.3 Å². The molecule has 1 aliphatic carbocycles. The number of rotatable bonds is 6.